The molecule has 0 amide bonds. The topological polar surface area (TPSA) is 39.1 Å². The molecule has 2 aliphatic rings. The molecular formula is C17H23N3. The van der Waals surface area contributed by atoms with Crippen LogP contribution in [0, 0.1) is 17.2 Å². The van der Waals surface area contributed by atoms with E-state index in [0.29, 0.717) is 6.04 Å². The molecule has 1 N–H and O–H groups in total. The fourth-order valence-corrected chi connectivity index (χ4v) is 3.11. The predicted octanol–water partition coefficient (Wildman–Crippen LogP) is 2.69. The van der Waals surface area contributed by atoms with E-state index in [9.17, 15) is 0 Å². The van der Waals surface area contributed by atoms with Gasteiger partial charge in [0, 0.05) is 18.6 Å². The van der Waals surface area contributed by atoms with Crippen molar-refractivity contribution in [1.82, 2.24) is 10.2 Å². The Labute approximate surface area is 121 Å². The van der Waals surface area contributed by atoms with Crippen LogP contribution in [0.1, 0.15) is 43.4 Å². The summed E-state index contributed by atoms with van der Waals surface area (Å²) in [5, 5.41) is 12.5. The minimum absolute atomic E-state index is 0.359. The summed E-state index contributed by atoms with van der Waals surface area (Å²) in [6.07, 6.45) is 4.17. The van der Waals surface area contributed by atoms with E-state index >= 15 is 0 Å². The SMILES string of the molecule is CC(NCC1CCN(C2CC2)C1)c1ccc(C#N)cc1. The van der Waals surface area contributed by atoms with Crippen molar-refractivity contribution >= 4 is 0 Å². The van der Waals surface area contributed by atoms with Crippen molar-refractivity contribution in [2.24, 2.45) is 5.92 Å². The summed E-state index contributed by atoms with van der Waals surface area (Å²) >= 11 is 0. The van der Waals surface area contributed by atoms with Gasteiger partial charge in [-0.3, -0.25) is 0 Å². The third-order valence-electron chi connectivity index (χ3n) is 4.63. The van der Waals surface area contributed by atoms with Crippen LogP contribution < -0.4 is 5.32 Å². The van der Waals surface area contributed by atoms with Crippen molar-refractivity contribution in [3.8, 4) is 6.07 Å². The standard InChI is InChI=1S/C17H23N3/c1-13(16-4-2-14(10-18)3-5-16)19-11-15-8-9-20(12-15)17-6-7-17/h2-5,13,15,17,19H,6-9,11-12H2,1H3. The average molecular weight is 269 g/mol. The second kappa shape index (κ2) is 5.95. The molecule has 1 aliphatic carbocycles. The zero-order valence-electron chi connectivity index (χ0n) is 12.2. The van der Waals surface area contributed by atoms with Gasteiger partial charge in [-0.1, -0.05) is 12.1 Å². The van der Waals surface area contributed by atoms with Crippen molar-refractivity contribution in [2.45, 2.75) is 38.3 Å². The number of hydrogen-bond donors (Lipinski definition) is 1. The summed E-state index contributed by atoms with van der Waals surface area (Å²) in [5.74, 6) is 0.802. The van der Waals surface area contributed by atoms with Crippen LogP contribution in [0.2, 0.25) is 0 Å². The first-order valence-electron chi connectivity index (χ1n) is 7.74. The van der Waals surface area contributed by atoms with Gasteiger partial charge in [0.05, 0.1) is 11.6 Å². The Morgan fingerprint density at radius 1 is 1.30 bits per heavy atom. The zero-order chi connectivity index (χ0) is 13.9. The molecule has 2 unspecified atom stereocenters. The van der Waals surface area contributed by atoms with E-state index in [-0.39, 0.29) is 0 Å². The maximum absolute atomic E-state index is 8.82. The zero-order valence-corrected chi connectivity index (χ0v) is 12.2. The summed E-state index contributed by atoms with van der Waals surface area (Å²) < 4.78 is 0. The molecule has 1 aromatic carbocycles. The number of nitrogens with zero attached hydrogens (tertiary/aromatic N) is 2. The molecule has 0 spiro atoms. The molecule has 3 rings (SSSR count). The normalized spacial score (nSPS) is 24.5. The van der Waals surface area contributed by atoms with Gasteiger partial charge < -0.3 is 10.2 Å². The van der Waals surface area contributed by atoms with Crippen LogP contribution in [0.3, 0.4) is 0 Å². The molecule has 1 aromatic rings. The molecule has 1 saturated carbocycles. The first-order valence-corrected chi connectivity index (χ1v) is 7.74. The van der Waals surface area contributed by atoms with Gasteiger partial charge in [-0.2, -0.15) is 5.26 Å². The molecule has 1 saturated heterocycles. The lowest BCUT2D eigenvalue weighted by molar-refractivity contribution is 0.310. The van der Waals surface area contributed by atoms with Crippen LogP contribution in [-0.4, -0.2) is 30.6 Å². The van der Waals surface area contributed by atoms with Gasteiger partial charge in [0.15, 0.2) is 0 Å². The molecular weight excluding hydrogens is 246 g/mol. The minimum atomic E-state index is 0.359. The molecule has 0 aromatic heterocycles. The lowest BCUT2D eigenvalue weighted by atomic mass is 10.0. The Bertz CT molecular complexity index is 484. The highest BCUT2D eigenvalue weighted by molar-refractivity contribution is 5.32. The highest BCUT2D eigenvalue weighted by atomic mass is 15.2. The van der Waals surface area contributed by atoms with Gasteiger partial charge in [-0.05, 0) is 62.9 Å². The number of likely N-dealkylation sites (tertiary alicyclic amines) is 1. The van der Waals surface area contributed by atoms with Crippen LogP contribution in [-0.2, 0) is 0 Å². The van der Waals surface area contributed by atoms with Crippen molar-refractivity contribution in [2.75, 3.05) is 19.6 Å². The van der Waals surface area contributed by atoms with Crippen LogP contribution in [0.4, 0.5) is 0 Å². The first-order chi connectivity index (χ1) is 9.76. The van der Waals surface area contributed by atoms with Crippen molar-refractivity contribution in [3.63, 3.8) is 0 Å². The van der Waals surface area contributed by atoms with E-state index in [2.05, 4.69) is 35.3 Å². The molecule has 0 radical (unpaired) electrons. The quantitative estimate of drug-likeness (QED) is 0.893. The van der Waals surface area contributed by atoms with Gasteiger partial charge in [0.1, 0.15) is 0 Å². The Hall–Kier alpha value is -1.37. The molecule has 106 valence electrons. The fraction of sp³-hybridized carbons (Fsp3) is 0.588. The highest BCUT2D eigenvalue weighted by Crippen LogP contribution is 2.31. The summed E-state index contributed by atoms with van der Waals surface area (Å²) in [6.45, 7) is 5.87. The van der Waals surface area contributed by atoms with Crippen LogP contribution in [0.5, 0.6) is 0 Å². The summed E-state index contributed by atoms with van der Waals surface area (Å²) in [4.78, 5) is 2.67. The summed E-state index contributed by atoms with van der Waals surface area (Å²) in [7, 11) is 0. The Balaban J connectivity index is 1.46. The lowest BCUT2D eigenvalue weighted by Gasteiger charge is -2.18. The van der Waals surface area contributed by atoms with Gasteiger partial charge in [-0.25, -0.2) is 0 Å². The second-order valence-electron chi connectivity index (χ2n) is 6.24. The van der Waals surface area contributed by atoms with Crippen LogP contribution in [0.25, 0.3) is 0 Å². The monoisotopic (exact) mass is 269 g/mol. The number of nitriles is 1. The average Bonchev–Trinajstić information content (AvgIpc) is 3.24. The van der Waals surface area contributed by atoms with E-state index < -0.39 is 0 Å². The Morgan fingerprint density at radius 3 is 2.70 bits per heavy atom. The molecule has 20 heavy (non-hydrogen) atoms. The number of hydrogen-bond acceptors (Lipinski definition) is 3. The Morgan fingerprint density at radius 2 is 2.05 bits per heavy atom. The van der Waals surface area contributed by atoms with E-state index in [1.54, 1.807) is 0 Å². The van der Waals surface area contributed by atoms with Crippen molar-refractivity contribution in [1.29, 1.82) is 5.26 Å². The summed E-state index contributed by atoms with van der Waals surface area (Å²) in [6, 6.07) is 11.4. The fourth-order valence-electron chi connectivity index (χ4n) is 3.11. The maximum atomic E-state index is 8.82. The smallest absolute Gasteiger partial charge is 0.0991 e. The highest BCUT2D eigenvalue weighted by Gasteiger charge is 2.34. The summed E-state index contributed by atoms with van der Waals surface area (Å²) in [5.41, 5.74) is 2.00. The molecule has 2 atom stereocenters. The van der Waals surface area contributed by atoms with E-state index in [1.807, 2.05) is 12.1 Å². The number of nitrogens with one attached hydrogen (secondary N) is 1. The lowest BCUT2D eigenvalue weighted by Crippen LogP contribution is -2.29. The first kappa shape index (κ1) is 13.6. The van der Waals surface area contributed by atoms with E-state index in [1.165, 1.54) is 37.9 Å². The van der Waals surface area contributed by atoms with E-state index in [4.69, 9.17) is 5.26 Å². The molecule has 1 heterocycles. The Kier molecular flexibility index (Phi) is 4.05. The third kappa shape index (κ3) is 3.20. The van der Waals surface area contributed by atoms with Gasteiger partial charge in [0.25, 0.3) is 0 Å². The molecule has 3 nitrogen and oxygen atoms in total. The molecule has 3 heteroatoms. The number of rotatable bonds is 5. The van der Waals surface area contributed by atoms with E-state index in [0.717, 1.165) is 24.1 Å². The van der Waals surface area contributed by atoms with Gasteiger partial charge in [-0.15, -0.1) is 0 Å². The molecule has 0 bridgehead atoms. The molecule has 2 fully saturated rings. The van der Waals surface area contributed by atoms with Gasteiger partial charge >= 0.3 is 0 Å². The third-order valence-corrected chi connectivity index (χ3v) is 4.63. The van der Waals surface area contributed by atoms with Crippen LogP contribution in [0.15, 0.2) is 24.3 Å². The second-order valence-corrected chi connectivity index (χ2v) is 6.24. The van der Waals surface area contributed by atoms with Gasteiger partial charge in [0.2, 0.25) is 0 Å². The number of benzene rings is 1. The largest absolute Gasteiger partial charge is 0.310 e. The molecule has 1 aliphatic heterocycles. The van der Waals surface area contributed by atoms with Crippen LogP contribution >= 0.6 is 0 Å². The van der Waals surface area contributed by atoms with Crippen molar-refractivity contribution in [3.05, 3.63) is 35.4 Å². The maximum Gasteiger partial charge on any atom is 0.0991 e. The van der Waals surface area contributed by atoms with Crippen molar-refractivity contribution < 1.29 is 0 Å². The predicted molar refractivity (Wildman–Crippen MR) is 80.3 cm³/mol. The minimum Gasteiger partial charge on any atom is -0.310 e.